The molecule has 0 bridgehead atoms. The van der Waals surface area contributed by atoms with Crippen molar-refractivity contribution in [3.05, 3.63) is 39.9 Å². The number of hydrogen-bond donors (Lipinski definition) is 2. The maximum absolute atomic E-state index is 13.5. The molecule has 1 aromatic heterocycles. The van der Waals surface area contributed by atoms with Crippen LogP contribution in [0.15, 0.2) is 23.0 Å². The predicted octanol–water partition coefficient (Wildman–Crippen LogP) is 2.43. The molecule has 3 rings (SSSR count). The summed E-state index contributed by atoms with van der Waals surface area (Å²) in [7, 11) is 0. The lowest BCUT2D eigenvalue weighted by Crippen LogP contribution is -2.26. The molecule has 6 nitrogen and oxygen atoms in total. The zero-order chi connectivity index (χ0) is 17.1. The average Bonchev–Trinajstić information content (AvgIpc) is 3.05. The van der Waals surface area contributed by atoms with Gasteiger partial charge in [-0.1, -0.05) is 0 Å². The van der Waals surface area contributed by atoms with E-state index in [1.807, 2.05) is 0 Å². The van der Waals surface area contributed by atoms with E-state index in [-0.39, 0.29) is 18.3 Å². The van der Waals surface area contributed by atoms with E-state index in [4.69, 9.17) is 9.47 Å². The monoisotopic (exact) mass is 334 g/mol. The smallest absolute Gasteiger partial charge is 0.345 e. The van der Waals surface area contributed by atoms with Crippen molar-refractivity contribution in [3.8, 4) is 0 Å². The molecule has 0 amide bonds. The van der Waals surface area contributed by atoms with Gasteiger partial charge < -0.3 is 19.8 Å². The van der Waals surface area contributed by atoms with Gasteiger partial charge in [0.25, 0.3) is 5.56 Å². The third kappa shape index (κ3) is 3.26. The summed E-state index contributed by atoms with van der Waals surface area (Å²) in [4.78, 5) is 27.1. The van der Waals surface area contributed by atoms with Gasteiger partial charge in [-0.05, 0) is 38.0 Å². The lowest BCUT2D eigenvalue weighted by Gasteiger charge is -2.16. The fourth-order valence-corrected chi connectivity index (χ4v) is 2.87. The van der Waals surface area contributed by atoms with Crippen molar-refractivity contribution in [2.75, 3.05) is 25.1 Å². The SMILES string of the molecule is CCOC(=O)c1c(NCC2CCCO2)c2ccc(F)cc2[nH]c1=O. The lowest BCUT2D eigenvalue weighted by atomic mass is 10.1. The van der Waals surface area contributed by atoms with Crippen LogP contribution in [0.3, 0.4) is 0 Å². The molecule has 2 heterocycles. The summed E-state index contributed by atoms with van der Waals surface area (Å²) < 4.78 is 24.0. The van der Waals surface area contributed by atoms with E-state index in [2.05, 4.69) is 10.3 Å². The summed E-state index contributed by atoms with van der Waals surface area (Å²) in [5.74, 6) is -1.17. The summed E-state index contributed by atoms with van der Waals surface area (Å²) in [6, 6.07) is 4.04. The number of nitrogens with one attached hydrogen (secondary N) is 2. The van der Waals surface area contributed by atoms with Crippen molar-refractivity contribution < 1.29 is 18.7 Å². The van der Waals surface area contributed by atoms with Gasteiger partial charge in [0.2, 0.25) is 0 Å². The molecular formula is C17H19FN2O4. The quantitative estimate of drug-likeness (QED) is 0.821. The molecule has 0 spiro atoms. The Morgan fingerprint density at radius 1 is 1.50 bits per heavy atom. The highest BCUT2D eigenvalue weighted by molar-refractivity contribution is 6.04. The highest BCUT2D eigenvalue weighted by atomic mass is 19.1. The van der Waals surface area contributed by atoms with E-state index >= 15 is 0 Å². The largest absolute Gasteiger partial charge is 0.462 e. The number of aromatic nitrogens is 1. The first kappa shape index (κ1) is 16.4. The number of fused-ring (bicyclic) bond motifs is 1. The summed E-state index contributed by atoms with van der Waals surface area (Å²) in [5, 5.41) is 3.68. The Kier molecular flexibility index (Phi) is 4.80. The molecule has 24 heavy (non-hydrogen) atoms. The first-order valence-corrected chi connectivity index (χ1v) is 7.98. The standard InChI is InChI=1S/C17H19FN2O4/c1-2-23-17(22)14-15(19-9-11-4-3-7-24-11)12-6-5-10(18)8-13(12)20-16(14)21/h5-6,8,11H,2-4,7,9H2,1H3,(H2,19,20,21). The Balaban J connectivity index is 2.07. The molecule has 0 aliphatic carbocycles. The Bertz CT molecular complexity index is 812. The minimum absolute atomic E-state index is 0.0230. The van der Waals surface area contributed by atoms with Crippen LogP contribution in [0, 0.1) is 5.82 Å². The molecule has 2 aromatic rings. The number of carbonyl (C=O) groups excluding carboxylic acids is 1. The van der Waals surface area contributed by atoms with Crippen LogP contribution in [0.5, 0.6) is 0 Å². The minimum atomic E-state index is -0.709. The van der Waals surface area contributed by atoms with Crippen molar-refractivity contribution in [2.45, 2.75) is 25.9 Å². The highest BCUT2D eigenvalue weighted by Crippen LogP contribution is 2.26. The van der Waals surface area contributed by atoms with Crippen molar-refractivity contribution in [1.29, 1.82) is 0 Å². The number of pyridine rings is 1. The number of halogens is 1. The molecule has 1 aliphatic rings. The zero-order valence-corrected chi connectivity index (χ0v) is 13.4. The van der Waals surface area contributed by atoms with Gasteiger partial charge in [-0.15, -0.1) is 0 Å². The van der Waals surface area contributed by atoms with Crippen LogP contribution in [0.25, 0.3) is 10.9 Å². The Hall–Kier alpha value is -2.41. The number of hydrogen-bond acceptors (Lipinski definition) is 5. The van der Waals surface area contributed by atoms with E-state index in [0.717, 1.165) is 12.8 Å². The molecule has 1 atom stereocenters. The number of rotatable bonds is 5. The predicted molar refractivity (Wildman–Crippen MR) is 87.9 cm³/mol. The molecular weight excluding hydrogens is 315 g/mol. The summed E-state index contributed by atoms with van der Waals surface area (Å²) >= 11 is 0. The first-order valence-electron chi connectivity index (χ1n) is 7.98. The van der Waals surface area contributed by atoms with Crippen LogP contribution in [0.4, 0.5) is 10.1 Å². The number of benzene rings is 1. The Morgan fingerprint density at radius 2 is 2.33 bits per heavy atom. The van der Waals surface area contributed by atoms with Gasteiger partial charge in [0.15, 0.2) is 0 Å². The first-order chi connectivity index (χ1) is 11.6. The zero-order valence-electron chi connectivity index (χ0n) is 13.4. The lowest BCUT2D eigenvalue weighted by molar-refractivity contribution is 0.0525. The maximum atomic E-state index is 13.5. The molecule has 2 N–H and O–H groups in total. The molecule has 0 radical (unpaired) electrons. The van der Waals surface area contributed by atoms with E-state index in [0.29, 0.717) is 29.7 Å². The van der Waals surface area contributed by atoms with E-state index in [9.17, 15) is 14.0 Å². The number of ether oxygens (including phenoxy) is 2. The van der Waals surface area contributed by atoms with Crippen molar-refractivity contribution in [3.63, 3.8) is 0 Å². The number of anilines is 1. The number of esters is 1. The minimum Gasteiger partial charge on any atom is -0.462 e. The fraction of sp³-hybridized carbons (Fsp3) is 0.412. The Morgan fingerprint density at radius 3 is 3.04 bits per heavy atom. The average molecular weight is 334 g/mol. The molecule has 1 aliphatic heterocycles. The third-order valence-corrected chi connectivity index (χ3v) is 3.99. The second-order valence-corrected chi connectivity index (χ2v) is 5.63. The number of H-pyrrole nitrogens is 1. The van der Waals surface area contributed by atoms with Crippen LogP contribution in [-0.4, -0.2) is 36.8 Å². The third-order valence-electron chi connectivity index (χ3n) is 3.99. The Labute approximate surface area is 138 Å². The van der Waals surface area contributed by atoms with Gasteiger partial charge in [-0.2, -0.15) is 0 Å². The normalized spacial score (nSPS) is 17.2. The highest BCUT2D eigenvalue weighted by Gasteiger charge is 2.22. The van der Waals surface area contributed by atoms with Crippen LogP contribution in [0.1, 0.15) is 30.1 Å². The van der Waals surface area contributed by atoms with Gasteiger partial charge in [0.1, 0.15) is 11.4 Å². The van der Waals surface area contributed by atoms with Gasteiger partial charge in [-0.3, -0.25) is 4.79 Å². The number of aromatic amines is 1. The van der Waals surface area contributed by atoms with E-state index in [1.54, 1.807) is 6.92 Å². The molecule has 1 fully saturated rings. The summed E-state index contributed by atoms with van der Waals surface area (Å²) in [5.41, 5.74) is -0.0408. The van der Waals surface area contributed by atoms with Gasteiger partial charge in [-0.25, -0.2) is 9.18 Å². The fourth-order valence-electron chi connectivity index (χ4n) is 2.87. The second kappa shape index (κ2) is 7.00. The topological polar surface area (TPSA) is 80.4 Å². The maximum Gasteiger partial charge on any atom is 0.345 e. The molecule has 1 unspecified atom stereocenters. The van der Waals surface area contributed by atoms with Crippen LogP contribution in [0.2, 0.25) is 0 Å². The molecule has 0 saturated carbocycles. The number of carbonyl (C=O) groups is 1. The summed E-state index contributed by atoms with van der Waals surface area (Å²) in [6.07, 6.45) is 1.92. The molecule has 1 saturated heterocycles. The second-order valence-electron chi connectivity index (χ2n) is 5.63. The van der Waals surface area contributed by atoms with Gasteiger partial charge in [0, 0.05) is 18.5 Å². The van der Waals surface area contributed by atoms with Crippen LogP contribution in [-0.2, 0) is 9.47 Å². The molecule has 1 aromatic carbocycles. The van der Waals surface area contributed by atoms with Crippen molar-refractivity contribution >= 4 is 22.6 Å². The van der Waals surface area contributed by atoms with E-state index < -0.39 is 17.3 Å². The van der Waals surface area contributed by atoms with Crippen molar-refractivity contribution in [2.24, 2.45) is 0 Å². The van der Waals surface area contributed by atoms with Crippen LogP contribution < -0.4 is 10.9 Å². The van der Waals surface area contributed by atoms with Crippen molar-refractivity contribution in [1.82, 2.24) is 4.98 Å². The molecule has 7 heteroatoms. The van der Waals surface area contributed by atoms with Gasteiger partial charge in [0.05, 0.1) is 23.9 Å². The van der Waals surface area contributed by atoms with Gasteiger partial charge >= 0.3 is 5.97 Å². The van der Waals surface area contributed by atoms with E-state index in [1.165, 1.54) is 18.2 Å². The summed E-state index contributed by atoms with van der Waals surface area (Å²) in [6.45, 7) is 2.99. The molecule has 128 valence electrons. The van der Waals surface area contributed by atoms with Crippen LogP contribution >= 0.6 is 0 Å².